The summed E-state index contributed by atoms with van der Waals surface area (Å²) >= 11 is 0. The second-order valence-corrected chi connectivity index (χ2v) is 8.00. The first kappa shape index (κ1) is 18.3. The molecule has 3 rings (SSSR count). The average Bonchev–Trinajstić information content (AvgIpc) is 2.66. The summed E-state index contributed by atoms with van der Waals surface area (Å²) in [5, 5.41) is 3.64. The SMILES string of the molecule is CC(C)(C)C(/C=C1\CC=CC=C1NCc1ccccc1)c1ccccc1. The van der Waals surface area contributed by atoms with Gasteiger partial charge in [-0.15, -0.1) is 0 Å². The third kappa shape index (κ3) is 4.76. The fourth-order valence-corrected chi connectivity index (χ4v) is 3.41. The Hall–Kier alpha value is -2.54. The molecule has 0 saturated carbocycles. The predicted molar refractivity (Wildman–Crippen MR) is 112 cm³/mol. The van der Waals surface area contributed by atoms with Gasteiger partial charge in [0.1, 0.15) is 0 Å². The molecule has 0 heterocycles. The summed E-state index contributed by atoms with van der Waals surface area (Å²) in [5.74, 6) is 0.382. The molecule has 0 bridgehead atoms. The molecule has 1 aliphatic carbocycles. The molecule has 2 aromatic rings. The van der Waals surface area contributed by atoms with Crippen LogP contribution in [0.1, 0.15) is 44.2 Å². The van der Waals surface area contributed by atoms with Gasteiger partial charge >= 0.3 is 0 Å². The Bertz CT molecular complexity index is 789. The molecule has 1 N–H and O–H groups in total. The van der Waals surface area contributed by atoms with E-state index in [2.05, 4.69) is 111 Å². The lowest BCUT2D eigenvalue weighted by atomic mass is 9.75. The molecular formula is C25H29N. The minimum atomic E-state index is 0.167. The zero-order valence-corrected chi connectivity index (χ0v) is 16.1. The van der Waals surface area contributed by atoms with Gasteiger partial charge in [-0.3, -0.25) is 0 Å². The van der Waals surface area contributed by atoms with E-state index < -0.39 is 0 Å². The van der Waals surface area contributed by atoms with Crippen molar-refractivity contribution in [3.8, 4) is 0 Å². The van der Waals surface area contributed by atoms with E-state index in [1.807, 2.05) is 0 Å². The van der Waals surface area contributed by atoms with Crippen LogP contribution in [-0.4, -0.2) is 0 Å². The van der Waals surface area contributed by atoms with Crippen LogP contribution in [0.2, 0.25) is 0 Å². The fraction of sp³-hybridized carbons (Fsp3) is 0.280. The molecule has 26 heavy (non-hydrogen) atoms. The van der Waals surface area contributed by atoms with Gasteiger partial charge in [0.05, 0.1) is 0 Å². The van der Waals surface area contributed by atoms with E-state index in [1.54, 1.807) is 0 Å². The van der Waals surface area contributed by atoms with Gasteiger partial charge in [-0.05, 0) is 34.6 Å². The van der Waals surface area contributed by atoms with Crippen molar-refractivity contribution >= 4 is 0 Å². The number of hydrogen-bond acceptors (Lipinski definition) is 1. The molecule has 0 amide bonds. The average molecular weight is 344 g/mol. The first-order valence-corrected chi connectivity index (χ1v) is 9.44. The van der Waals surface area contributed by atoms with Crippen LogP contribution in [0.3, 0.4) is 0 Å². The van der Waals surface area contributed by atoms with Crippen molar-refractivity contribution in [1.82, 2.24) is 5.32 Å². The minimum absolute atomic E-state index is 0.167. The second-order valence-electron chi connectivity index (χ2n) is 8.00. The highest BCUT2D eigenvalue weighted by atomic mass is 14.9. The summed E-state index contributed by atoms with van der Waals surface area (Å²) in [6.45, 7) is 7.81. The molecule has 1 heteroatoms. The molecule has 0 spiro atoms. The molecule has 1 unspecified atom stereocenters. The van der Waals surface area contributed by atoms with E-state index in [9.17, 15) is 0 Å². The zero-order chi connectivity index (χ0) is 18.4. The van der Waals surface area contributed by atoms with Gasteiger partial charge in [0.2, 0.25) is 0 Å². The van der Waals surface area contributed by atoms with Crippen LogP contribution in [0.25, 0.3) is 0 Å². The summed E-state index contributed by atoms with van der Waals surface area (Å²) in [7, 11) is 0. The van der Waals surface area contributed by atoms with Crippen molar-refractivity contribution in [1.29, 1.82) is 0 Å². The second kappa shape index (κ2) is 8.23. The van der Waals surface area contributed by atoms with Gasteiger partial charge in [-0.2, -0.15) is 0 Å². The fourth-order valence-electron chi connectivity index (χ4n) is 3.41. The van der Waals surface area contributed by atoms with Gasteiger partial charge in [-0.1, -0.05) is 99.7 Å². The highest BCUT2D eigenvalue weighted by molar-refractivity contribution is 5.41. The molecule has 0 fully saturated rings. The van der Waals surface area contributed by atoms with Crippen LogP contribution >= 0.6 is 0 Å². The number of nitrogens with one attached hydrogen (secondary N) is 1. The van der Waals surface area contributed by atoms with Crippen LogP contribution < -0.4 is 5.32 Å². The predicted octanol–water partition coefficient (Wildman–Crippen LogP) is 6.38. The van der Waals surface area contributed by atoms with Gasteiger partial charge < -0.3 is 5.32 Å². The molecule has 1 aliphatic rings. The first-order valence-electron chi connectivity index (χ1n) is 9.44. The quantitative estimate of drug-likeness (QED) is 0.664. The summed E-state index contributed by atoms with van der Waals surface area (Å²) in [6, 6.07) is 21.4. The monoisotopic (exact) mass is 343 g/mol. The maximum Gasteiger partial charge on any atom is 0.0400 e. The molecule has 0 radical (unpaired) electrons. The lowest BCUT2D eigenvalue weighted by molar-refractivity contribution is 0.365. The number of hydrogen-bond donors (Lipinski definition) is 1. The Morgan fingerprint density at radius 3 is 2.27 bits per heavy atom. The van der Waals surface area contributed by atoms with Crippen molar-refractivity contribution in [3.63, 3.8) is 0 Å². The van der Waals surface area contributed by atoms with E-state index in [4.69, 9.17) is 0 Å². The number of rotatable bonds is 5. The molecule has 2 aromatic carbocycles. The van der Waals surface area contributed by atoms with Gasteiger partial charge in [0.15, 0.2) is 0 Å². The van der Waals surface area contributed by atoms with Crippen molar-refractivity contribution in [3.05, 3.63) is 107 Å². The number of benzene rings is 2. The van der Waals surface area contributed by atoms with Crippen molar-refractivity contribution in [2.75, 3.05) is 0 Å². The van der Waals surface area contributed by atoms with Crippen LogP contribution in [0, 0.1) is 5.41 Å². The third-order valence-corrected chi connectivity index (χ3v) is 4.87. The molecule has 0 aromatic heterocycles. The highest BCUT2D eigenvalue weighted by Crippen LogP contribution is 2.38. The Morgan fingerprint density at radius 2 is 1.62 bits per heavy atom. The van der Waals surface area contributed by atoms with Crippen LogP contribution in [-0.2, 0) is 6.54 Å². The molecule has 1 atom stereocenters. The van der Waals surface area contributed by atoms with Gasteiger partial charge in [0, 0.05) is 18.2 Å². The smallest absolute Gasteiger partial charge is 0.0400 e. The Morgan fingerprint density at radius 1 is 0.962 bits per heavy atom. The van der Waals surface area contributed by atoms with Crippen molar-refractivity contribution in [2.24, 2.45) is 5.41 Å². The molecule has 1 nitrogen and oxygen atoms in total. The summed E-state index contributed by atoms with van der Waals surface area (Å²) in [4.78, 5) is 0. The zero-order valence-electron chi connectivity index (χ0n) is 16.1. The van der Waals surface area contributed by atoms with E-state index in [0.29, 0.717) is 5.92 Å². The van der Waals surface area contributed by atoms with E-state index in [1.165, 1.54) is 22.4 Å². The van der Waals surface area contributed by atoms with Crippen LogP contribution in [0.4, 0.5) is 0 Å². The van der Waals surface area contributed by atoms with Gasteiger partial charge in [-0.25, -0.2) is 0 Å². The summed E-state index contributed by atoms with van der Waals surface area (Å²) < 4.78 is 0. The molecule has 0 saturated heterocycles. The standard InChI is InChI=1S/C25H29N/c1-25(2,3)23(21-14-8-5-9-15-21)18-22-16-10-11-17-24(22)26-19-20-12-6-4-7-13-20/h4-15,17-18,23,26H,16,19H2,1-3H3/b22-18+. The maximum absolute atomic E-state index is 3.64. The Balaban J connectivity index is 1.84. The number of allylic oxidation sites excluding steroid dienone is 5. The van der Waals surface area contributed by atoms with Gasteiger partial charge in [0.25, 0.3) is 0 Å². The van der Waals surface area contributed by atoms with Crippen LogP contribution in [0.5, 0.6) is 0 Å². The summed E-state index contributed by atoms with van der Waals surface area (Å²) in [6.07, 6.45) is 10.0. The lowest BCUT2D eigenvalue weighted by Gasteiger charge is -2.30. The normalized spacial score (nSPS) is 17.0. The molecule has 0 aliphatic heterocycles. The Labute approximate surface area is 158 Å². The van der Waals surface area contributed by atoms with E-state index in [0.717, 1.165) is 13.0 Å². The van der Waals surface area contributed by atoms with Crippen molar-refractivity contribution < 1.29 is 0 Å². The summed E-state index contributed by atoms with van der Waals surface area (Å²) in [5.41, 5.74) is 5.47. The first-order chi connectivity index (χ1) is 12.5. The van der Waals surface area contributed by atoms with E-state index in [-0.39, 0.29) is 5.41 Å². The highest BCUT2D eigenvalue weighted by Gasteiger charge is 2.25. The molecular weight excluding hydrogens is 314 g/mol. The largest absolute Gasteiger partial charge is 0.381 e. The lowest BCUT2D eigenvalue weighted by Crippen LogP contribution is -2.20. The van der Waals surface area contributed by atoms with E-state index >= 15 is 0 Å². The topological polar surface area (TPSA) is 12.0 Å². The Kier molecular flexibility index (Phi) is 5.78. The third-order valence-electron chi connectivity index (χ3n) is 4.87. The molecule has 134 valence electrons. The van der Waals surface area contributed by atoms with Crippen molar-refractivity contribution in [2.45, 2.75) is 39.7 Å². The minimum Gasteiger partial charge on any atom is -0.381 e. The maximum atomic E-state index is 3.64. The van der Waals surface area contributed by atoms with Crippen LogP contribution in [0.15, 0.2) is 96.2 Å².